The van der Waals surface area contributed by atoms with E-state index in [1.165, 1.54) is 12.1 Å². The maximum absolute atomic E-state index is 13.2. The molecule has 10 heteroatoms. The van der Waals surface area contributed by atoms with Crippen LogP contribution >= 0.6 is 0 Å². The number of nitrogens with zero attached hydrogens (tertiary/aromatic N) is 2. The number of carboxylic acid groups (broad SMARTS) is 1. The van der Waals surface area contributed by atoms with Crippen molar-refractivity contribution >= 4 is 11.7 Å². The zero-order valence-corrected chi connectivity index (χ0v) is 31.0. The van der Waals surface area contributed by atoms with Gasteiger partial charge in [-0.05, 0) is 88.3 Å². The maximum Gasteiger partial charge on any atom is 0.307 e. The number of rotatable bonds is 17. The molecule has 0 spiro atoms. The first-order valence-corrected chi connectivity index (χ1v) is 17.6. The van der Waals surface area contributed by atoms with Gasteiger partial charge in [-0.25, -0.2) is 4.39 Å². The van der Waals surface area contributed by atoms with Crippen LogP contribution in [-0.4, -0.2) is 79.5 Å². The molecule has 2 heterocycles. The van der Waals surface area contributed by atoms with Crippen molar-refractivity contribution in [1.82, 2.24) is 4.98 Å². The largest absolute Gasteiger partial charge is 0.493 e. The number of hydrogen-bond donors (Lipinski definition) is 2. The van der Waals surface area contributed by atoms with E-state index in [-0.39, 0.29) is 24.3 Å². The van der Waals surface area contributed by atoms with Crippen LogP contribution in [0, 0.1) is 18.2 Å². The molecule has 0 saturated carbocycles. The lowest BCUT2D eigenvalue weighted by atomic mass is 9.82. The highest BCUT2D eigenvalue weighted by Gasteiger charge is 2.31. The van der Waals surface area contributed by atoms with Gasteiger partial charge in [0.1, 0.15) is 11.6 Å². The van der Waals surface area contributed by atoms with Crippen molar-refractivity contribution in [3.8, 4) is 16.9 Å². The summed E-state index contributed by atoms with van der Waals surface area (Å²) in [6, 6.07) is 14.3. The van der Waals surface area contributed by atoms with E-state index in [9.17, 15) is 14.3 Å². The number of aromatic nitrogens is 1. The van der Waals surface area contributed by atoms with Crippen molar-refractivity contribution in [2.24, 2.45) is 5.41 Å². The number of ether oxygens (including phenoxy) is 4. The van der Waals surface area contributed by atoms with Gasteiger partial charge >= 0.3 is 5.97 Å². The third-order valence-corrected chi connectivity index (χ3v) is 8.20. The van der Waals surface area contributed by atoms with E-state index < -0.39 is 11.6 Å². The summed E-state index contributed by atoms with van der Waals surface area (Å²) < 4.78 is 36.0. The van der Waals surface area contributed by atoms with Crippen LogP contribution in [0.1, 0.15) is 76.9 Å². The molecule has 50 heavy (non-hydrogen) atoms. The average Bonchev–Trinajstić information content (AvgIpc) is 3.04. The Hall–Kier alpha value is -3.57. The van der Waals surface area contributed by atoms with Gasteiger partial charge in [-0.15, -0.1) is 0 Å². The number of aliphatic hydroxyl groups is 1. The summed E-state index contributed by atoms with van der Waals surface area (Å²) in [6.07, 6.45) is 2.53. The molecule has 0 atom stereocenters. The summed E-state index contributed by atoms with van der Waals surface area (Å²) in [7, 11) is 0. The monoisotopic (exact) mass is 696 g/mol. The Morgan fingerprint density at radius 3 is 2.08 bits per heavy atom. The van der Waals surface area contributed by atoms with Crippen LogP contribution in [0.15, 0.2) is 48.5 Å². The number of carbonyl (C=O) groups is 1. The molecule has 1 aliphatic heterocycles. The van der Waals surface area contributed by atoms with Crippen molar-refractivity contribution in [2.45, 2.75) is 86.4 Å². The molecular weight excluding hydrogens is 639 g/mol. The van der Waals surface area contributed by atoms with E-state index in [1.807, 2.05) is 38.1 Å². The number of benzene rings is 2. The molecule has 0 amide bonds. The SMILES string of the molecule is CC(C)(C)O.CCOCCOCCOCc1nc(C)c(-c2ccc(OCCc3ccc(F)cc3)cc2)c(N2CCC(C)(C)CC2)c1CC(=O)O. The zero-order valence-electron chi connectivity index (χ0n) is 31.0. The molecule has 0 radical (unpaired) electrons. The van der Waals surface area contributed by atoms with Gasteiger partial charge in [-0.3, -0.25) is 9.78 Å². The minimum Gasteiger partial charge on any atom is -0.493 e. The minimum atomic E-state index is -0.907. The van der Waals surface area contributed by atoms with Gasteiger partial charge in [0.25, 0.3) is 0 Å². The Labute approximate surface area is 297 Å². The number of hydrogen-bond acceptors (Lipinski definition) is 8. The molecule has 3 aromatic rings. The first-order chi connectivity index (χ1) is 23.7. The third kappa shape index (κ3) is 14.3. The van der Waals surface area contributed by atoms with Crippen LogP contribution in [0.25, 0.3) is 11.1 Å². The quantitative estimate of drug-likeness (QED) is 0.139. The highest BCUT2D eigenvalue weighted by molar-refractivity contribution is 5.86. The summed E-state index contributed by atoms with van der Waals surface area (Å²) in [5.41, 5.74) is 5.71. The minimum absolute atomic E-state index is 0.149. The number of aryl methyl sites for hydroxylation is 1. The number of halogens is 1. The van der Waals surface area contributed by atoms with Crippen LogP contribution in [0.2, 0.25) is 0 Å². The molecule has 0 bridgehead atoms. The molecular formula is C40H57FN2O7. The number of aliphatic carboxylic acids is 1. The van der Waals surface area contributed by atoms with Gasteiger partial charge in [0, 0.05) is 42.9 Å². The molecule has 2 N–H and O–H groups in total. The van der Waals surface area contributed by atoms with Gasteiger partial charge in [-0.2, -0.15) is 0 Å². The number of pyridine rings is 1. The molecule has 1 saturated heterocycles. The van der Waals surface area contributed by atoms with Crippen LogP contribution in [0.3, 0.4) is 0 Å². The highest BCUT2D eigenvalue weighted by atomic mass is 19.1. The van der Waals surface area contributed by atoms with E-state index in [4.69, 9.17) is 29.0 Å². The average molecular weight is 697 g/mol. The summed E-state index contributed by atoms with van der Waals surface area (Å²) in [5.74, 6) is -0.430. The first-order valence-electron chi connectivity index (χ1n) is 17.6. The standard InChI is InChI=1S/C36H47FN2O6.C4H10O/c1-5-42-20-21-43-22-23-44-25-32-31(24-33(40)41)35(39-17-15-36(3,4)16-18-39)34(26(2)38-32)28-8-12-30(13-9-28)45-19-14-27-6-10-29(37)11-7-27;1-4(2,3)5/h6-13H,5,14-25H2,1-4H3,(H,40,41);5H,1-3H3. The normalized spacial score (nSPS) is 14.2. The second-order valence-electron chi connectivity index (χ2n) is 14.3. The van der Waals surface area contributed by atoms with Gasteiger partial charge in [-0.1, -0.05) is 38.1 Å². The van der Waals surface area contributed by atoms with Crippen molar-refractivity contribution in [3.63, 3.8) is 0 Å². The lowest BCUT2D eigenvalue weighted by Gasteiger charge is -2.40. The Morgan fingerprint density at radius 2 is 1.50 bits per heavy atom. The van der Waals surface area contributed by atoms with Crippen molar-refractivity contribution in [3.05, 3.63) is 76.9 Å². The van der Waals surface area contributed by atoms with Crippen LogP contribution < -0.4 is 9.64 Å². The smallest absolute Gasteiger partial charge is 0.307 e. The van der Waals surface area contributed by atoms with E-state index >= 15 is 0 Å². The Morgan fingerprint density at radius 1 is 0.920 bits per heavy atom. The predicted molar refractivity (Wildman–Crippen MR) is 196 cm³/mol. The van der Waals surface area contributed by atoms with Crippen LogP contribution in [0.4, 0.5) is 10.1 Å². The Kier molecular flexibility index (Phi) is 16.1. The third-order valence-electron chi connectivity index (χ3n) is 8.20. The Balaban J connectivity index is 0.00000126. The van der Waals surface area contributed by atoms with Gasteiger partial charge in [0.05, 0.1) is 63.0 Å². The lowest BCUT2D eigenvalue weighted by Crippen LogP contribution is -2.38. The fourth-order valence-electron chi connectivity index (χ4n) is 5.58. The van der Waals surface area contributed by atoms with Crippen molar-refractivity contribution < 1.29 is 38.3 Å². The molecule has 1 fully saturated rings. The summed E-state index contributed by atoms with van der Waals surface area (Å²) in [6.45, 7) is 18.5. The first kappa shape index (κ1) is 40.9. The lowest BCUT2D eigenvalue weighted by molar-refractivity contribution is -0.136. The zero-order chi connectivity index (χ0) is 36.7. The molecule has 0 aliphatic carbocycles. The van der Waals surface area contributed by atoms with E-state index in [0.29, 0.717) is 57.3 Å². The summed E-state index contributed by atoms with van der Waals surface area (Å²) in [5, 5.41) is 18.5. The fourth-order valence-corrected chi connectivity index (χ4v) is 5.58. The number of carboxylic acids is 1. The van der Waals surface area contributed by atoms with Gasteiger partial charge in [0.2, 0.25) is 0 Å². The maximum atomic E-state index is 13.2. The predicted octanol–water partition coefficient (Wildman–Crippen LogP) is 7.42. The molecule has 2 aromatic carbocycles. The molecule has 0 unspecified atom stereocenters. The van der Waals surface area contributed by atoms with Gasteiger partial charge in [0.15, 0.2) is 0 Å². The molecule has 276 valence electrons. The molecule has 9 nitrogen and oxygen atoms in total. The van der Waals surface area contributed by atoms with Crippen molar-refractivity contribution in [2.75, 3.05) is 57.6 Å². The van der Waals surface area contributed by atoms with Crippen molar-refractivity contribution in [1.29, 1.82) is 0 Å². The second kappa shape index (κ2) is 19.7. The van der Waals surface area contributed by atoms with E-state index in [2.05, 4.69) is 18.7 Å². The van der Waals surface area contributed by atoms with Crippen LogP contribution in [0.5, 0.6) is 5.75 Å². The number of anilines is 1. The highest BCUT2D eigenvalue weighted by Crippen LogP contribution is 2.42. The van der Waals surface area contributed by atoms with E-state index in [1.54, 1.807) is 32.9 Å². The summed E-state index contributed by atoms with van der Waals surface area (Å²) in [4.78, 5) is 19.5. The van der Waals surface area contributed by atoms with E-state index in [0.717, 1.165) is 59.8 Å². The second-order valence-corrected chi connectivity index (χ2v) is 14.3. The fraction of sp³-hybridized carbons (Fsp3) is 0.550. The molecule has 1 aliphatic rings. The molecule has 1 aromatic heterocycles. The van der Waals surface area contributed by atoms with Gasteiger partial charge < -0.3 is 34.1 Å². The Bertz CT molecular complexity index is 1460. The summed E-state index contributed by atoms with van der Waals surface area (Å²) >= 11 is 0. The topological polar surface area (TPSA) is 111 Å². The molecule has 4 rings (SSSR count). The van der Waals surface area contributed by atoms with Crippen LogP contribution in [-0.2, 0) is 38.5 Å². The number of piperidine rings is 1.